The Morgan fingerprint density at radius 2 is 1.81 bits per heavy atom. The number of amides is 2. The first kappa shape index (κ1) is 28.8. The van der Waals surface area contributed by atoms with Crippen molar-refractivity contribution in [3.8, 4) is 5.75 Å². The Morgan fingerprint density at radius 1 is 1.02 bits per heavy atom. The number of aromatic nitrogens is 2. The first-order chi connectivity index (χ1) is 20.3. The second-order valence-electron chi connectivity index (χ2n) is 10.3. The minimum atomic E-state index is -0.645. The third-order valence-corrected chi connectivity index (χ3v) is 7.23. The van der Waals surface area contributed by atoms with Gasteiger partial charge in [0.25, 0.3) is 11.5 Å². The van der Waals surface area contributed by atoms with Crippen LogP contribution in [0.3, 0.4) is 0 Å². The van der Waals surface area contributed by atoms with E-state index < -0.39 is 17.2 Å². The van der Waals surface area contributed by atoms with Crippen molar-refractivity contribution in [2.24, 2.45) is 0 Å². The number of nitrogens with one attached hydrogen (secondary N) is 2. The fourth-order valence-corrected chi connectivity index (χ4v) is 5.04. The average Bonchev–Trinajstić information content (AvgIpc) is 3.51. The summed E-state index contributed by atoms with van der Waals surface area (Å²) in [6.07, 6.45) is 1.32. The van der Waals surface area contributed by atoms with Crippen molar-refractivity contribution in [2.45, 2.75) is 52.4 Å². The lowest BCUT2D eigenvalue weighted by Gasteiger charge is -2.17. The van der Waals surface area contributed by atoms with Crippen LogP contribution in [0.5, 0.6) is 5.75 Å². The van der Waals surface area contributed by atoms with Gasteiger partial charge in [0.1, 0.15) is 12.3 Å². The van der Waals surface area contributed by atoms with E-state index in [4.69, 9.17) is 9.47 Å². The predicted octanol–water partition coefficient (Wildman–Crippen LogP) is 3.62. The molecular formula is C32H34N4O6. The molecule has 10 heteroatoms. The number of carbonyl (C=O) groups is 2. The van der Waals surface area contributed by atoms with Gasteiger partial charge in [0.05, 0.1) is 35.8 Å². The minimum Gasteiger partial charge on any atom is -0.492 e. The average molecular weight is 571 g/mol. The number of benzene rings is 3. The smallest absolute Gasteiger partial charge is 0.332 e. The van der Waals surface area contributed by atoms with Gasteiger partial charge >= 0.3 is 5.69 Å². The molecule has 2 amide bonds. The van der Waals surface area contributed by atoms with Gasteiger partial charge in [0.15, 0.2) is 0 Å². The molecule has 5 rings (SSSR count). The zero-order chi connectivity index (χ0) is 29.6. The molecule has 3 aromatic carbocycles. The van der Waals surface area contributed by atoms with Crippen molar-refractivity contribution in [3.05, 3.63) is 104 Å². The number of hydrogen-bond acceptors (Lipinski definition) is 6. The summed E-state index contributed by atoms with van der Waals surface area (Å²) in [5.74, 6) is -0.348. The van der Waals surface area contributed by atoms with Crippen molar-refractivity contribution in [3.63, 3.8) is 0 Å². The molecule has 218 valence electrons. The summed E-state index contributed by atoms with van der Waals surface area (Å²) in [5, 5.41) is 5.91. The quantitative estimate of drug-likeness (QED) is 0.301. The maximum absolute atomic E-state index is 13.7. The molecule has 2 N–H and O–H groups in total. The molecule has 1 atom stereocenters. The summed E-state index contributed by atoms with van der Waals surface area (Å²) in [6, 6.07) is 19.4. The van der Waals surface area contributed by atoms with Crippen LogP contribution in [0.25, 0.3) is 10.9 Å². The molecule has 0 radical (unpaired) electrons. The summed E-state index contributed by atoms with van der Waals surface area (Å²) < 4.78 is 13.6. The molecule has 1 fully saturated rings. The van der Waals surface area contributed by atoms with Gasteiger partial charge in [-0.1, -0.05) is 42.0 Å². The molecule has 1 aliphatic heterocycles. The van der Waals surface area contributed by atoms with Crippen LogP contribution in [-0.4, -0.2) is 40.3 Å². The van der Waals surface area contributed by atoms with Crippen molar-refractivity contribution in [2.75, 3.05) is 18.5 Å². The summed E-state index contributed by atoms with van der Waals surface area (Å²) >= 11 is 0. The van der Waals surface area contributed by atoms with Crippen molar-refractivity contribution in [1.82, 2.24) is 14.5 Å². The van der Waals surface area contributed by atoms with Gasteiger partial charge < -0.3 is 20.1 Å². The molecule has 0 bridgehead atoms. The minimum absolute atomic E-state index is 0.0845. The summed E-state index contributed by atoms with van der Waals surface area (Å²) in [7, 11) is 0. The third-order valence-electron chi connectivity index (χ3n) is 7.23. The summed E-state index contributed by atoms with van der Waals surface area (Å²) in [4.78, 5) is 53.5. The van der Waals surface area contributed by atoms with Crippen molar-refractivity contribution < 1.29 is 19.1 Å². The Bertz CT molecular complexity index is 1720. The zero-order valence-electron chi connectivity index (χ0n) is 23.7. The lowest BCUT2D eigenvalue weighted by molar-refractivity contribution is -0.116. The molecule has 42 heavy (non-hydrogen) atoms. The van der Waals surface area contributed by atoms with E-state index in [9.17, 15) is 19.2 Å². The first-order valence-corrected chi connectivity index (χ1v) is 14.1. The van der Waals surface area contributed by atoms with E-state index in [2.05, 4.69) is 10.6 Å². The molecule has 0 unspecified atom stereocenters. The summed E-state index contributed by atoms with van der Waals surface area (Å²) in [5.41, 5.74) is 1.85. The molecule has 10 nitrogen and oxygen atoms in total. The normalized spacial score (nSPS) is 14.6. The van der Waals surface area contributed by atoms with Crippen LogP contribution in [0.15, 0.2) is 76.3 Å². The van der Waals surface area contributed by atoms with Crippen molar-refractivity contribution >= 4 is 28.4 Å². The SMILES string of the molecule is CCOc1ccccc1NC(=O)Cn1c(=O)n(C[C@@H]2CCCO2)c(=O)c2ccc(C(=O)NCc3ccc(C)cc3)cc21. The molecule has 0 spiro atoms. The number of anilines is 1. The van der Waals surface area contributed by atoms with Gasteiger partial charge in [-0.05, 0) is 62.6 Å². The number of ether oxygens (including phenoxy) is 2. The van der Waals surface area contributed by atoms with Crippen LogP contribution in [-0.2, 0) is 29.2 Å². The zero-order valence-corrected chi connectivity index (χ0v) is 23.7. The number of aryl methyl sites for hydroxylation is 1. The Kier molecular flexibility index (Phi) is 8.83. The van der Waals surface area contributed by atoms with Gasteiger partial charge in [0.2, 0.25) is 5.91 Å². The lowest BCUT2D eigenvalue weighted by atomic mass is 10.1. The highest BCUT2D eigenvalue weighted by atomic mass is 16.5. The van der Waals surface area contributed by atoms with E-state index in [1.807, 2.05) is 38.1 Å². The van der Waals surface area contributed by atoms with Crippen LogP contribution in [0.1, 0.15) is 41.3 Å². The van der Waals surface area contributed by atoms with Gasteiger partial charge in [-0.25, -0.2) is 4.79 Å². The van der Waals surface area contributed by atoms with E-state index in [1.54, 1.807) is 30.3 Å². The second-order valence-corrected chi connectivity index (χ2v) is 10.3. The highest BCUT2D eigenvalue weighted by Crippen LogP contribution is 2.24. The number of fused-ring (bicyclic) bond motifs is 1. The van der Waals surface area contributed by atoms with E-state index in [0.29, 0.717) is 31.2 Å². The first-order valence-electron chi connectivity index (χ1n) is 14.1. The predicted molar refractivity (Wildman–Crippen MR) is 160 cm³/mol. The highest BCUT2D eigenvalue weighted by Gasteiger charge is 2.22. The molecule has 4 aromatic rings. The fourth-order valence-electron chi connectivity index (χ4n) is 5.04. The van der Waals surface area contributed by atoms with Crippen LogP contribution in [0.4, 0.5) is 5.69 Å². The topological polar surface area (TPSA) is 121 Å². The Hall–Kier alpha value is -4.70. The van der Waals surface area contributed by atoms with E-state index >= 15 is 0 Å². The Labute approximate surface area is 242 Å². The van der Waals surface area contributed by atoms with Crippen molar-refractivity contribution in [1.29, 1.82) is 0 Å². The Balaban J connectivity index is 1.49. The number of hydrogen-bond donors (Lipinski definition) is 2. The molecule has 1 aliphatic rings. The van der Waals surface area contributed by atoms with Crippen LogP contribution >= 0.6 is 0 Å². The van der Waals surface area contributed by atoms with Crippen LogP contribution < -0.4 is 26.6 Å². The summed E-state index contributed by atoms with van der Waals surface area (Å²) in [6.45, 7) is 4.84. The highest BCUT2D eigenvalue weighted by molar-refractivity contribution is 5.98. The number of rotatable bonds is 10. The largest absolute Gasteiger partial charge is 0.492 e. The third kappa shape index (κ3) is 6.44. The van der Waals surface area contributed by atoms with Gasteiger partial charge in [-0.2, -0.15) is 0 Å². The monoisotopic (exact) mass is 570 g/mol. The maximum Gasteiger partial charge on any atom is 0.332 e. The molecular weight excluding hydrogens is 536 g/mol. The van der Waals surface area contributed by atoms with Crippen LogP contribution in [0.2, 0.25) is 0 Å². The number of carbonyl (C=O) groups excluding carboxylic acids is 2. The van der Waals surface area contributed by atoms with Crippen LogP contribution in [0, 0.1) is 6.92 Å². The van der Waals surface area contributed by atoms with E-state index in [0.717, 1.165) is 28.5 Å². The van der Waals surface area contributed by atoms with Gasteiger partial charge in [0, 0.05) is 18.7 Å². The van der Waals surface area contributed by atoms with E-state index in [1.165, 1.54) is 16.7 Å². The van der Waals surface area contributed by atoms with Gasteiger partial charge in [-0.15, -0.1) is 0 Å². The maximum atomic E-state index is 13.7. The molecule has 0 saturated carbocycles. The number of para-hydroxylation sites is 2. The second kappa shape index (κ2) is 12.9. The molecule has 2 heterocycles. The van der Waals surface area contributed by atoms with Gasteiger partial charge in [-0.3, -0.25) is 23.5 Å². The Morgan fingerprint density at radius 3 is 2.55 bits per heavy atom. The fraction of sp³-hybridized carbons (Fsp3) is 0.312. The lowest BCUT2D eigenvalue weighted by Crippen LogP contribution is -2.43. The molecule has 1 saturated heterocycles. The standard InChI is InChI=1S/C32H34N4O6/c1-3-41-28-9-5-4-8-26(28)34-29(37)20-35-27-17-23(30(38)33-18-22-12-10-21(2)11-13-22)14-15-25(27)31(39)36(32(35)40)19-24-7-6-16-42-24/h4-5,8-15,17,24H,3,6-7,16,18-20H2,1-2H3,(H,33,38)(H,34,37)/t24-/m0/s1. The molecule has 0 aliphatic carbocycles. The number of nitrogens with zero attached hydrogens (tertiary/aromatic N) is 2. The molecule has 1 aromatic heterocycles. The van der Waals surface area contributed by atoms with E-state index in [-0.39, 0.29) is 41.6 Å².